The first-order valence-electron chi connectivity index (χ1n) is 11.8. The van der Waals surface area contributed by atoms with E-state index in [1.165, 1.54) is 76.2 Å². The number of hydrogen-bond acceptors (Lipinski definition) is 3. The fourth-order valence-electron chi connectivity index (χ4n) is 4.57. The van der Waals surface area contributed by atoms with Gasteiger partial charge in [-0.15, -0.1) is 12.6 Å². The van der Waals surface area contributed by atoms with E-state index >= 15 is 0 Å². The summed E-state index contributed by atoms with van der Waals surface area (Å²) in [5.41, 5.74) is 1.97. The summed E-state index contributed by atoms with van der Waals surface area (Å²) in [5, 5.41) is 0. The van der Waals surface area contributed by atoms with Crippen molar-refractivity contribution in [2.75, 3.05) is 0 Å². The van der Waals surface area contributed by atoms with E-state index in [1.54, 1.807) is 12.1 Å². The van der Waals surface area contributed by atoms with Gasteiger partial charge >= 0.3 is 5.97 Å². The lowest BCUT2D eigenvalue weighted by atomic mass is 9.77. The van der Waals surface area contributed by atoms with Crippen molar-refractivity contribution >= 4 is 18.6 Å². The van der Waals surface area contributed by atoms with Crippen LogP contribution in [0, 0.1) is 5.92 Å². The van der Waals surface area contributed by atoms with Gasteiger partial charge in [-0.05, 0) is 79.5 Å². The quantitative estimate of drug-likeness (QED) is 0.180. The van der Waals surface area contributed by atoms with Crippen LogP contribution in [-0.4, -0.2) is 5.97 Å². The van der Waals surface area contributed by atoms with Crippen molar-refractivity contribution in [1.29, 1.82) is 0 Å². The predicted molar refractivity (Wildman–Crippen MR) is 128 cm³/mol. The molecule has 162 valence electrons. The van der Waals surface area contributed by atoms with E-state index in [2.05, 4.69) is 31.7 Å². The van der Waals surface area contributed by atoms with E-state index in [0.717, 1.165) is 10.8 Å². The first kappa shape index (κ1) is 22.9. The van der Waals surface area contributed by atoms with Gasteiger partial charge in [-0.3, -0.25) is 0 Å². The molecule has 0 amide bonds. The molecule has 0 aliphatic heterocycles. The van der Waals surface area contributed by atoms with Crippen LogP contribution in [0.3, 0.4) is 0 Å². The van der Waals surface area contributed by atoms with E-state index in [-0.39, 0.29) is 5.97 Å². The predicted octanol–water partition coefficient (Wildman–Crippen LogP) is 8.22. The van der Waals surface area contributed by atoms with Crippen molar-refractivity contribution in [1.82, 2.24) is 0 Å². The molecule has 0 aromatic heterocycles. The Morgan fingerprint density at radius 3 is 2.17 bits per heavy atom. The van der Waals surface area contributed by atoms with Gasteiger partial charge in [0.1, 0.15) is 5.75 Å². The zero-order chi connectivity index (χ0) is 21.2. The maximum atomic E-state index is 12.4. The molecule has 0 N–H and O–H groups in total. The summed E-state index contributed by atoms with van der Waals surface area (Å²) in [6.07, 6.45) is 15.0. The molecule has 2 aromatic carbocycles. The van der Waals surface area contributed by atoms with E-state index < -0.39 is 0 Å². The molecule has 0 spiro atoms. The van der Waals surface area contributed by atoms with Gasteiger partial charge in [0.15, 0.2) is 0 Å². The van der Waals surface area contributed by atoms with E-state index in [0.29, 0.717) is 17.2 Å². The van der Waals surface area contributed by atoms with Crippen molar-refractivity contribution < 1.29 is 9.53 Å². The summed E-state index contributed by atoms with van der Waals surface area (Å²) < 4.78 is 5.45. The molecule has 3 rings (SSSR count). The number of thiol groups is 1. The third-order valence-electron chi connectivity index (χ3n) is 6.48. The van der Waals surface area contributed by atoms with E-state index in [1.807, 2.05) is 24.3 Å². The van der Waals surface area contributed by atoms with Gasteiger partial charge < -0.3 is 4.74 Å². The summed E-state index contributed by atoms with van der Waals surface area (Å²) in [6, 6.07) is 15.2. The Labute approximate surface area is 187 Å². The maximum absolute atomic E-state index is 12.4. The normalized spacial score (nSPS) is 18.9. The van der Waals surface area contributed by atoms with E-state index in [4.69, 9.17) is 4.74 Å². The Kier molecular flexibility index (Phi) is 9.32. The molecule has 2 aromatic rings. The van der Waals surface area contributed by atoms with Gasteiger partial charge in [0, 0.05) is 4.90 Å². The number of carbonyl (C=O) groups is 1. The molecule has 1 aliphatic carbocycles. The minimum Gasteiger partial charge on any atom is -0.423 e. The zero-order valence-corrected chi connectivity index (χ0v) is 19.2. The van der Waals surface area contributed by atoms with Gasteiger partial charge in [-0.1, -0.05) is 64.0 Å². The number of hydrogen-bond donors (Lipinski definition) is 1. The average Bonchev–Trinajstić information content (AvgIpc) is 2.78. The first-order valence-corrected chi connectivity index (χ1v) is 12.2. The van der Waals surface area contributed by atoms with Gasteiger partial charge in [0.05, 0.1) is 5.56 Å². The lowest BCUT2D eigenvalue weighted by Gasteiger charge is -2.29. The van der Waals surface area contributed by atoms with Crippen molar-refractivity contribution in [3.63, 3.8) is 0 Å². The Hall–Kier alpha value is -1.74. The molecule has 2 nitrogen and oxygen atoms in total. The van der Waals surface area contributed by atoms with Crippen LogP contribution in [0.1, 0.15) is 99.4 Å². The SMILES string of the molecule is CCCCCCCCC1CCC(c2ccc(C(=O)Oc3ccc(S)cc3)cc2)CC1. The van der Waals surface area contributed by atoms with Crippen molar-refractivity contribution in [2.24, 2.45) is 5.92 Å². The zero-order valence-electron chi connectivity index (χ0n) is 18.3. The van der Waals surface area contributed by atoms with Crippen molar-refractivity contribution in [3.8, 4) is 5.75 Å². The molecule has 0 bridgehead atoms. The Morgan fingerprint density at radius 1 is 0.867 bits per heavy atom. The van der Waals surface area contributed by atoms with Crippen LogP contribution >= 0.6 is 12.6 Å². The second kappa shape index (κ2) is 12.2. The highest BCUT2D eigenvalue weighted by molar-refractivity contribution is 7.80. The summed E-state index contributed by atoms with van der Waals surface area (Å²) >= 11 is 4.25. The fraction of sp³-hybridized carbons (Fsp3) is 0.519. The summed E-state index contributed by atoms with van der Waals surface area (Å²) in [5.74, 6) is 1.80. The smallest absolute Gasteiger partial charge is 0.343 e. The fourth-order valence-corrected chi connectivity index (χ4v) is 4.72. The number of carbonyl (C=O) groups excluding carboxylic acids is 1. The van der Waals surface area contributed by atoms with Crippen molar-refractivity contribution in [2.45, 2.75) is 88.4 Å². The molecular weight excluding hydrogens is 388 g/mol. The molecule has 3 heteroatoms. The second-order valence-corrected chi connectivity index (χ2v) is 9.30. The average molecular weight is 425 g/mol. The van der Waals surface area contributed by atoms with Crippen LogP contribution in [0.15, 0.2) is 53.4 Å². The van der Waals surface area contributed by atoms with Crippen LogP contribution in [0.2, 0.25) is 0 Å². The van der Waals surface area contributed by atoms with Gasteiger partial charge in [0.2, 0.25) is 0 Å². The van der Waals surface area contributed by atoms with Crippen LogP contribution < -0.4 is 4.74 Å². The van der Waals surface area contributed by atoms with Crippen LogP contribution in [-0.2, 0) is 0 Å². The van der Waals surface area contributed by atoms with Gasteiger partial charge in [-0.2, -0.15) is 0 Å². The highest BCUT2D eigenvalue weighted by atomic mass is 32.1. The topological polar surface area (TPSA) is 26.3 Å². The van der Waals surface area contributed by atoms with Crippen molar-refractivity contribution in [3.05, 3.63) is 59.7 Å². The van der Waals surface area contributed by atoms with Crippen LogP contribution in [0.4, 0.5) is 0 Å². The largest absolute Gasteiger partial charge is 0.423 e. The number of rotatable bonds is 10. The summed E-state index contributed by atoms with van der Waals surface area (Å²) in [6.45, 7) is 2.28. The molecule has 0 heterocycles. The highest BCUT2D eigenvalue weighted by Crippen LogP contribution is 2.37. The van der Waals surface area contributed by atoms with Crippen LogP contribution in [0.25, 0.3) is 0 Å². The van der Waals surface area contributed by atoms with Gasteiger partial charge in [0.25, 0.3) is 0 Å². The molecule has 1 saturated carbocycles. The Balaban J connectivity index is 1.41. The lowest BCUT2D eigenvalue weighted by Crippen LogP contribution is -2.14. The number of ether oxygens (including phenoxy) is 1. The number of benzene rings is 2. The second-order valence-electron chi connectivity index (χ2n) is 8.78. The summed E-state index contributed by atoms with van der Waals surface area (Å²) in [7, 11) is 0. The minimum atomic E-state index is -0.309. The molecule has 1 fully saturated rings. The third-order valence-corrected chi connectivity index (χ3v) is 6.78. The minimum absolute atomic E-state index is 0.309. The molecule has 0 unspecified atom stereocenters. The standard InChI is InChI=1S/C27H36O2S/c1-2-3-4-5-6-7-8-21-9-11-22(12-10-21)23-13-15-24(16-14-23)27(28)29-25-17-19-26(30)20-18-25/h13-22,30H,2-12H2,1H3. The Morgan fingerprint density at radius 2 is 1.50 bits per heavy atom. The maximum Gasteiger partial charge on any atom is 0.343 e. The molecule has 0 saturated heterocycles. The lowest BCUT2D eigenvalue weighted by molar-refractivity contribution is 0.0734. The van der Waals surface area contributed by atoms with E-state index in [9.17, 15) is 4.79 Å². The summed E-state index contributed by atoms with van der Waals surface area (Å²) in [4.78, 5) is 13.2. The molecule has 0 radical (unpaired) electrons. The molecular formula is C27H36O2S. The third kappa shape index (κ3) is 7.19. The molecule has 1 aliphatic rings. The van der Waals surface area contributed by atoms with Crippen LogP contribution in [0.5, 0.6) is 5.75 Å². The monoisotopic (exact) mass is 424 g/mol. The molecule has 30 heavy (non-hydrogen) atoms. The van der Waals surface area contributed by atoms with Gasteiger partial charge in [-0.25, -0.2) is 4.79 Å². The number of unbranched alkanes of at least 4 members (excludes halogenated alkanes) is 5. The first-order chi connectivity index (χ1) is 14.7. The highest BCUT2D eigenvalue weighted by Gasteiger charge is 2.22. The Bertz CT molecular complexity index is 758. The molecule has 0 atom stereocenters. The number of esters is 1.